The van der Waals surface area contributed by atoms with E-state index < -0.39 is 6.04 Å². The number of nitrogens with one attached hydrogen (secondary N) is 1. The van der Waals surface area contributed by atoms with Gasteiger partial charge in [0.15, 0.2) is 0 Å². The van der Waals surface area contributed by atoms with E-state index in [0.717, 1.165) is 18.4 Å². The molecule has 2 aromatic rings. The van der Waals surface area contributed by atoms with Gasteiger partial charge in [-0.05, 0) is 44.0 Å². The van der Waals surface area contributed by atoms with Gasteiger partial charge < -0.3 is 15.0 Å². The Morgan fingerprint density at radius 2 is 2.07 bits per heavy atom. The van der Waals surface area contributed by atoms with Gasteiger partial charge >= 0.3 is 0 Å². The van der Waals surface area contributed by atoms with E-state index in [4.69, 9.17) is 4.74 Å². The minimum Gasteiger partial charge on any atom is -0.487 e. The van der Waals surface area contributed by atoms with Gasteiger partial charge in [-0.25, -0.2) is 0 Å². The lowest BCUT2D eigenvalue weighted by Crippen LogP contribution is -2.46. The third-order valence-electron chi connectivity index (χ3n) is 4.95. The Morgan fingerprint density at radius 1 is 1.22 bits per heavy atom. The zero-order valence-electron chi connectivity index (χ0n) is 15.3. The number of rotatable bonds is 5. The number of aromatic nitrogens is 1. The largest absolute Gasteiger partial charge is 0.487 e. The predicted octanol–water partition coefficient (Wildman–Crippen LogP) is 2.33. The molecule has 1 aromatic carbocycles. The van der Waals surface area contributed by atoms with E-state index in [1.807, 2.05) is 31.2 Å². The normalized spacial score (nSPS) is 21.7. The number of carbonyl (C=O) groups excluding carboxylic acids is 2. The molecule has 0 bridgehead atoms. The van der Waals surface area contributed by atoms with Gasteiger partial charge in [-0.2, -0.15) is 0 Å². The third kappa shape index (κ3) is 4.10. The lowest BCUT2D eigenvalue weighted by molar-refractivity contribution is -0.125. The summed E-state index contributed by atoms with van der Waals surface area (Å²) in [6.07, 6.45) is 5.59. The first-order valence-corrected chi connectivity index (χ1v) is 9.35. The molecule has 1 aliphatic carbocycles. The maximum absolute atomic E-state index is 13.1. The second kappa shape index (κ2) is 7.39. The third-order valence-corrected chi connectivity index (χ3v) is 4.95. The fourth-order valence-electron chi connectivity index (χ4n) is 3.43. The fourth-order valence-corrected chi connectivity index (χ4v) is 3.43. The van der Waals surface area contributed by atoms with E-state index in [0.29, 0.717) is 24.3 Å². The molecule has 6 heteroatoms. The highest BCUT2D eigenvalue weighted by molar-refractivity contribution is 5.98. The zero-order chi connectivity index (χ0) is 18.8. The second-order valence-corrected chi connectivity index (χ2v) is 7.29. The van der Waals surface area contributed by atoms with Gasteiger partial charge in [0, 0.05) is 24.2 Å². The first kappa shape index (κ1) is 17.5. The molecule has 2 heterocycles. The summed E-state index contributed by atoms with van der Waals surface area (Å²) in [5, 5.41) is 3.03. The highest BCUT2D eigenvalue weighted by Gasteiger charge is 2.42. The van der Waals surface area contributed by atoms with Gasteiger partial charge in [-0.15, -0.1) is 0 Å². The molecule has 1 saturated carbocycles. The summed E-state index contributed by atoms with van der Waals surface area (Å²) >= 11 is 0. The number of benzene rings is 1. The Hall–Kier alpha value is -2.89. The van der Waals surface area contributed by atoms with Gasteiger partial charge in [-0.1, -0.05) is 17.7 Å². The van der Waals surface area contributed by atoms with E-state index in [1.54, 1.807) is 29.4 Å². The van der Waals surface area contributed by atoms with E-state index >= 15 is 0 Å². The number of pyridine rings is 1. The summed E-state index contributed by atoms with van der Waals surface area (Å²) in [6.45, 7) is 2.33. The summed E-state index contributed by atoms with van der Waals surface area (Å²) in [4.78, 5) is 31.5. The number of ether oxygens (including phenoxy) is 1. The summed E-state index contributed by atoms with van der Waals surface area (Å²) in [5.41, 5.74) is 1.61. The predicted molar refractivity (Wildman–Crippen MR) is 100 cm³/mol. The molecule has 4 rings (SSSR count). The topological polar surface area (TPSA) is 71.5 Å². The SMILES string of the molecule is Cc1cccc(C(=O)N2C[C@@H](Oc3cccnc3)C[C@H]2C(=O)NC2CC2)c1. The van der Waals surface area contributed by atoms with Crippen molar-refractivity contribution in [3.8, 4) is 5.75 Å². The minimum atomic E-state index is -0.514. The molecule has 2 fully saturated rings. The number of likely N-dealkylation sites (tertiary alicyclic amines) is 1. The molecule has 140 valence electrons. The van der Waals surface area contributed by atoms with Gasteiger partial charge in [0.2, 0.25) is 5.91 Å². The number of hydrogen-bond donors (Lipinski definition) is 1. The van der Waals surface area contributed by atoms with Crippen molar-refractivity contribution >= 4 is 11.8 Å². The Morgan fingerprint density at radius 3 is 2.78 bits per heavy atom. The molecule has 1 saturated heterocycles. The molecule has 1 N–H and O–H groups in total. The molecular weight excluding hydrogens is 342 g/mol. The lowest BCUT2D eigenvalue weighted by atomic mass is 10.1. The standard InChI is InChI=1S/C21H23N3O3/c1-14-4-2-5-15(10-14)21(26)24-13-18(27-17-6-3-9-22-12-17)11-19(24)20(25)23-16-7-8-16/h2-6,9-10,12,16,18-19H,7-8,11,13H2,1H3,(H,23,25)/t18-,19-/m0/s1. The maximum atomic E-state index is 13.1. The number of hydrogen-bond acceptors (Lipinski definition) is 4. The van der Waals surface area contributed by atoms with Crippen molar-refractivity contribution in [2.24, 2.45) is 0 Å². The number of carbonyl (C=O) groups is 2. The van der Waals surface area contributed by atoms with Gasteiger partial charge in [0.05, 0.1) is 12.7 Å². The molecule has 2 atom stereocenters. The van der Waals surface area contributed by atoms with Crippen LogP contribution in [0.4, 0.5) is 0 Å². The van der Waals surface area contributed by atoms with Crippen LogP contribution in [0.2, 0.25) is 0 Å². The van der Waals surface area contributed by atoms with Crippen LogP contribution < -0.4 is 10.1 Å². The van der Waals surface area contributed by atoms with E-state index in [-0.39, 0.29) is 24.0 Å². The van der Waals surface area contributed by atoms with Crippen LogP contribution in [0, 0.1) is 6.92 Å². The highest BCUT2D eigenvalue weighted by Crippen LogP contribution is 2.26. The summed E-state index contributed by atoms with van der Waals surface area (Å²) in [7, 11) is 0. The first-order chi connectivity index (χ1) is 13.1. The minimum absolute atomic E-state index is 0.0872. The van der Waals surface area contributed by atoms with Crippen molar-refractivity contribution in [3.05, 3.63) is 59.9 Å². The summed E-state index contributed by atoms with van der Waals surface area (Å²) in [5.74, 6) is 0.427. The maximum Gasteiger partial charge on any atom is 0.254 e. The average molecular weight is 365 g/mol. The first-order valence-electron chi connectivity index (χ1n) is 9.35. The molecule has 2 aliphatic rings. The van der Waals surface area contributed by atoms with Crippen LogP contribution in [0.5, 0.6) is 5.75 Å². The van der Waals surface area contributed by atoms with Crippen LogP contribution in [0.3, 0.4) is 0 Å². The van der Waals surface area contributed by atoms with Gasteiger partial charge in [0.1, 0.15) is 17.9 Å². The molecule has 0 unspecified atom stereocenters. The van der Waals surface area contributed by atoms with Crippen molar-refractivity contribution in [3.63, 3.8) is 0 Å². The summed E-state index contributed by atoms with van der Waals surface area (Å²) < 4.78 is 5.98. The molecular formula is C21H23N3O3. The molecule has 27 heavy (non-hydrogen) atoms. The van der Waals surface area contributed by atoms with Crippen molar-refractivity contribution in [1.82, 2.24) is 15.2 Å². The van der Waals surface area contributed by atoms with E-state index in [1.165, 1.54) is 0 Å². The molecule has 1 aliphatic heterocycles. The van der Waals surface area contributed by atoms with Crippen LogP contribution in [0.25, 0.3) is 0 Å². The molecule has 6 nitrogen and oxygen atoms in total. The van der Waals surface area contributed by atoms with Crippen molar-refractivity contribution in [1.29, 1.82) is 0 Å². The van der Waals surface area contributed by atoms with Crippen LogP contribution in [-0.2, 0) is 4.79 Å². The fraction of sp³-hybridized carbons (Fsp3) is 0.381. The van der Waals surface area contributed by atoms with Crippen molar-refractivity contribution in [2.45, 2.75) is 44.4 Å². The smallest absolute Gasteiger partial charge is 0.254 e. The molecule has 0 radical (unpaired) electrons. The Labute approximate surface area is 158 Å². The monoisotopic (exact) mass is 365 g/mol. The molecule has 2 amide bonds. The summed E-state index contributed by atoms with van der Waals surface area (Å²) in [6, 6.07) is 10.8. The number of amides is 2. The Bertz CT molecular complexity index is 836. The van der Waals surface area contributed by atoms with Gasteiger partial charge in [-0.3, -0.25) is 14.6 Å². The second-order valence-electron chi connectivity index (χ2n) is 7.29. The Balaban J connectivity index is 1.53. The lowest BCUT2D eigenvalue weighted by Gasteiger charge is -2.23. The molecule has 0 spiro atoms. The molecule has 1 aromatic heterocycles. The number of aryl methyl sites for hydroxylation is 1. The van der Waals surface area contributed by atoms with Crippen LogP contribution in [0.1, 0.15) is 35.2 Å². The Kier molecular flexibility index (Phi) is 4.79. The van der Waals surface area contributed by atoms with E-state index in [2.05, 4.69) is 10.3 Å². The average Bonchev–Trinajstić information content (AvgIpc) is 3.38. The zero-order valence-corrected chi connectivity index (χ0v) is 15.3. The van der Waals surface area contributed by atoms with Crippen molar-refractivity contribution < 1.29 is 14.3 Å². The van der Waals surface area contributed by atoms with Crippen LogP contribution >= 0.6 is 0 Å². The highest BCUT2D eigenvalue weighted by atomic mass is 16.5. The van der Waals surface area contributed by atoms with Gasteiger partial charge in [0.25, 0.3) is 5.91 Å². The van der Waals surface area contributed by atoms with E-state index in [9.17, 15) is 9.59 Å². The number of nitrogens with zero attached hydrogens (tertiary/aromatic N) is 2. The van der Waals surface area contributed by atoms with Crippen LogP contribution in [-0.4, -0.2) is 46.4 Å². The van der Waals surface area contributed by atoms with Crippen LogP contribution in [0.15, 0.2) is 48.8 Å². The van der Waals surface area contributed by atoms with Crippen molar-refractivity contribution in [2.75, 3.05) is 6.54 Å². The quantitative estimate of drug-likeness (QED) is 0.883.